The lowest BCUT2D eigenvalue weighted by Gasteiger charge is -2.38. The van der Waals surface area contributed by atoms with Crippen molar-refractivity contribution in [1.82, 2.24) is 14.8 Å². The first-order valence-corrected chi connectivity index (χ1v) is 13.8. The number of ether oxygens (including phenoxy) is 2. The number of quaternary nitrogens is 1. The first-order chi connectivity index (χ1) is 21.4. The van der Waals surface area contributed by atoms with Gasteiger partial charge in [-0.1, -0.05) is 12.1 Å². The monoisotopic (exact) mass is 628 g/mol. The van der Waals surface area contributed by atoms with Crippen molar-refractivity contribution < 1.29 is 41.8 Å². The van der Waals surface area contributed by atoms with Gasteiger partial charge in [-0.05, 0) is 48.4 Å². The third-order valence-electron chi connectivity index (χ3n) is 8.02. The number of hydrogen-bond donors (Lipinski definition) is 1. The van der Waals surface area contributed by atoms with E-state index in [1.165, 1.54) is 28.7 Å². The van der Waals surface area contributed by atoms with E-state index in [1.54, 1.807) is 25.1 Å². The number of carboxylic acid groups (broad SMARTS) is 1. The molecule has 238 valence electrons. The third-order valence-corrected chi connectivity index (χ3v) is 8.02. The Bertz CT molecular complexity index is 1700. The second-order valence-electron chi connectivity index (χ2n) is 10.7. The summed E-state index contributed by atoms with van der Waals surface area (Å²) in [6, 6.07) is 10.8. The number of anilines is 2. The quantitative estimate of drug-likeness (QED) is 0.246. The molecule has 5 rings (SSSR count). The Kier molecular flexibility index (Phi) is 9.79. The summed E-state index contributed by atoms with van der Waals surface area (Å²) >= 11 is 0. The fourth-order valence-corrected chi connectivity index (χ4v) is 5.63. The van der Waals surface area contributed by atoms with Crippen molar-refractivity contribution in [3.8, 4) is 6.07 Å². The first kappa shape index (κ1) is 33.0. The maximum atomic E-state index is 13.6. The minimum Gasteiger partial charge on any atom is -0.554 e. The highest BCUT2D eigenvalue weighted by molar-refractivity contribution is 5.93. The minimum atomic E-state index is -4.61. The van der Waals surface area contributed by atoms with E-state index in [4.69, 9.17) is 19.4 Å². The van der Waals surface area contributed by atoms with Crippen LogP contribution in [0.3, 0.4) is 0 Å². The molecule has 3 aromatic rings. The number of nitriles is 1. The predicted octanol–water partition coefficient (Wildman–Crippen LogP) is 2.04. The largest absolute Gasteiger partial charge is 0.554 e. The second-order valence-corrected chi connectivity index (χ2v) is 10.7. The van der Waals surface area contributed by atoms with Crippen LogP contribution in [-0.4, -0.2) is 78.7 Å². The molecule has 12 nitrogen and oxygen atoms in total. The molecule has 1 aromatic heterocycles. The number of carbonyl (C=O) groups excluding carboxylic acids is 2. The molecule has 2 aromatic carbocycles. The van der Waals surface area contributed by atoms with Crippen LogP contribution in [0, 0.1) is 11.3 Å². The van der Waals surface area contributed by atoms with Gasteiger partial charge in [0, 0.05) is 24.3 Å². The molecule has 0 saturated carbocycles. The van der Waals surface area contributed by atoms with Crippen molar-refractivity contribution in [1.29, 1.82) is 5.26 Å². The SMILES string of the molecule is COC(=O)C1=C(C)N(c2cccc(C(F)(F)F)c2)c2n[nH]c(=O)n2[C@@H]1c1ccc(C#N)cc1CC[N+]1(C)CCOCC1.O=C[O-]. The predicted molar refractivity (Wildman–Crippen MR) is 152 cm³/mol. The van der Waals surface area contributed by atoms with Crippen molar-refractivity contribution in [3.63, 3.8) is 0 Å². The molecular formula is C30H31F3N6O6. The topological polar surface area (TPSA) is 153 Å². The molecule has 1 fully saturated rings. The highest BCUT2D eigenvalue weighted by Crippen LogP contribution is 2.43. The van der Waals surface area contributed by atoms with Gasteiger partial charge >= 0.3 is 17.8 Å². The van der Waals surface area contributed by atoms with Crippen LogP contribution in [0.2, 0.25) is 0 Å². The Balaban J connectivity index is 0.00000148. The van der Waals surface area contributed by atoms with E-state index in [0.717, 1.165) is 41.8 Å². The van der Waals surface area contributed by atoms with Gasteiger partial charge < -0.3 is 23.9 Å². The number of morpholine rings is 1. The minimum absolute atomic E-state index is 0.0111. The number of methoxy groups -OCH3 is 1. The zero-order valence-corrected chi connectivity index (χ0v) is 24.8. The molecular weight excluding hydrogens is 597 g/mol. The summed E-state index contributed by atoms with van der Waals surface area (Å²) in [6.07, 6.45) is -4.08. The molecule has 0 unspecified atom stereocenters. The Morgan fingerprint density at radius 3 is 2.58 bits per heavy atom. The smallest absolute Gasteiger partial charge is 0.416 e. The number of esters is 1. The summed E-state index contributed by atoms with van der Waals surface area (Å²) in [5.41, 5.74) is 0.569. The Labute approximate surface area is 256 Å². The van der Waals surface area contributed by atoms with E-state index in [-0.39, 0.29) is 22.9 Å². The standard InChI is InChI=1S/C29H29F3N6O4.CH2O2/c1-18-24(26(39)41-3)25(23-8-7-19(17-33)15-20(23)9-10-38(2)11-13-42-14-12-38)37-27(34-35-28(37)40)36(18)22-6-4-5-21(16-22)29(30,31)32;2-1-3/h4-8,15-16,25H,9-14H2,1-3H3;1H,(H,2,3)/t25-;/m1./s1. The van der Waals surface area contributed by atoms with Crippen LogP contribution in [0.15, 0.2) is 58.5 Å². The van der Waals surface area contributed by atoms with Gasteiger partial charge in [0.1, 0.15) is 19.1 Å². The highest BCUT2D eigenvalue weighted by atomic mass is 19.4. The molecule has 0 radical (unpaired) electrons. The van der Waals surface area contributed by atoms with Crippen molar-refractivity contribution in [3.05, 3.63) is 86.5 Å². The lowest BCUT2D eigenvalue weighted by atomic mass is 9.88. The van der Waals surface area contributed by atoms with Crippen LogP contribution >= 0.6 is 0 Å². The molecule has 1 saturated heterocycles. The molecule has 1 N–H and O–H groups in total. The summed E-state index contributed by atoms with van der Waals surface area (Å²) in [5.74, 6) is -0.743. The number of nitrogens with one attached hydrogen (secondary N) is 1. The normalized spacial score (nSPS) is 17.4. The van der Waals surface area contributed by atoms with E-state index in [0.29, 0.717) is 30.8 Å². The number of hydrogen-bond acceptors (Lipinski definition) is 9. The number of halogens is 3. The molecule has 0 amide bonds. The number of rotatable bonds is 6. The molecule has 0 aliphatic carbocycles. The van der Waals surface area contributed by atoms with Crippen LogP contribution < -0.4 is 15.7 Å². The van der Waals surface area contributed by atoms with Crippen LogP contribution in [0.5, 0.6) is 0 Å². The third kappa shape index (κ3) is 6.76. The number of H-pyrrole nitrogens is 1. The van der Waals surface area contributed by atoms with E-state index in [2.05, 4.69) is 23.3 Å². The van der Waals surface area contributed by atoms with E-state index in [9.17, 15) is 28.0 Å². The Morgan fingerprint density at radius 2 is 1.96 bits per heavy atom. The summed E-state index contributed by atoms with van der Waals surface area (Å²) < 4.78 is 53.5. The van der Waals surface area contributed by atoms with Gasteiger partial charge in [0.15, 0.2) is 0 Å². The number of aromatic amines is 1. The van der Waals surface area contributed by atoms with Crippen molar-refractivity contribution in [2.75, 3.05) is 51.9 Å². The Hall–Kier alpha value is -4.94. The van der Waals surface area contributed by atoms with Crippen LogP contribution in [0.1, 0.15) is 35.2 Å². The number of benzene rings is 2. The number of likely N-dealkylation sites (N-methyl/N-ethyl adjacent to an activating group) is 1. The number of carbonyl (C=O) groups is 2. The fraction of sp³-hybridized carbons (Fsp3) is 0.367. The van der Waals surface area contributed by atoms with Gasteiger partial charge in [0.05, 0.1) is 56.7 Å². The van der Waals surface area contributed by atoms with E-state index < -0.39 is 35.9 Å². The molecule has 1 atom stereocenters. The van der Waals surface area contributed by atoms with Crippen molar-refractivity contribution in [2.24, 2.45) is 0 Å². The second kappa shape index (κ2) is 13.4. The molecule has 0 bridgehead atoms. The molecule has 2 aliphatic rings. The number of aromatic nitrogens is 3. The van der Waals surface area contributed by atoms with Gasteiger partial charge in [0.25, 0.3) is 0 Å². The summed E-state index contributed by atoms with van der Waals surface area (Å²) in [6.45, 7) is 4.71. The van der Waals surface area contributed by atoms with Crippen molar-refractivity contribution >= 4 is 24.1 Å². The van der Waals surface area contributed by atoms with Gasteiger partial charge in [-0.15, -0.1) is 5.10 Å². The number of allylic oxidation sites excluding steroid dienone is 1. The average molecular weight is 629 g/mol. The molecule has 2 aliphatic heterocycles. The summed E-state index contributed by atoms with van der Waals surface area (Å²) in [5, 5.41) is 24.5. The average Bonchev–Trinajstić information content (AvgIpc) is 3.40. The van der Waals surface area contributed by atoms with E-state index in [1.807, 2.05) is 0 Å². The molecule has 45 heavy (non-hydrogen) atoms. The van der Waals surface area contributed by atoms with Crippen LogP contribution in [0.4, 0.5) is 24.8 Å². The van der Waals surface area contributed by atoms with Crippen LogP contribution in [0.25, 0.3) is 0 Å². The maximum Gasteiger partial charge on any atom is 0.416 e. The Morgan fingerprint density at radius 1 is 1.27 bits per heavy atom. The zero-order chi connectivity index (χ0) is 32.9. The lowest BCUT2D eigenvalue weighted by Crippen LogP contribution is -2.53. The van der Waals surface area contributed by atoms with Crippen molar-refractivity contribution in [2.45, 2.75) is 25.6 Å². The van der Waals surface area contributed by atoms with Gasteiger partial charge in [-0.3, -0.25) is 4.90 Å². The van der Waals surface area contributed by atoms with Crippen LogP contribution in [-0.2, 0) is 31.7 Å². The first-order valence-electron chi connectivity index (χ1n) is 13.8. The lowest BCUT2D eigenvalue weighted by molar-refractivity contribution is -0.916. The van der Waals surface area contributed by atoms with Gasteiger partial charge in [-0.25, -0.2) is 19.3 Å². The number of alkyl halides is 3. The number of nitrogens with zero attached hydrogens (tertiary/aromatic N) is 5. The fourth-order valence-electron chi connectivity index (χ4n) is 5.63. The molecule has 3 heterocycles. The molecule has 15 heteroatoms. The molecule has 0 spiro atoms. The maximum absolute atomic E-state index is 13.6. The zero-order valence-electron chi connectivity index (χ0n) is 24.8. The van der Waals surface area contributed by atoms with Gasteiger partial charge in [-0.2, -0.15) is 18.4 Å². The highest BCUT2D eigenvalue weighted by Gasteiger charge is 2.41. The summed E-state index contributed by atoms with van der Waals surface area (Å²) in [4.78, 5) is 36.3. The van der Waals surface area contributed by atoms with E-state index >= 15 is 0 Å². The summed E-state index contributed by atoms with van der Waals surface area (Å²) in [7, 11) is 3.33. The number of fused-ring (bicyclic) bond motifs is 1. The van der Waals surface area contributed by atoms with Gasteiger partial charge in [0.2, 0.25) is 5.95 Å².